The van der Waals surface area contributed by atoms with Crippen LogP contribution >= 0.6 is 0 Å². The van der Waals surface area contributed by atoms with Crippen LogP contribution in [0.5, 0.6) is 0 Å². The molecule has 0 aromatic rings. The topological polar surface area (TPSA) is 105 Å². The van der Waals surface area contributed by atoms with Gasteiger partial charge in [-0.05, 0) is 70.6 Å². The molecule has 0 rings (SSSR count). The molecule has 0 saturated carbocycles. The van der Waals surface area contributed by atoms with Crippen molar-refractivity contribution in [1.29, 1.82) is 0 Å². The van der Waals surface area contributed by atoms with Gasteiger partial charge in [0.05, 0.1) is 0 Å². The molecule has 7 heteroatoms. The van der Waals surface area contributed by atoms with Crippen LogP contribution < -0.4 is 5.73 Å². The second-order valence-electron chi connectivity index (χ2n) is 17.2. The third-order valence-corrected chi connectivity index (χ3v) is 11.2. The highest BCUT2D eigenvalue weighted by molar-refractivity contribution is 5.71. The molecule has 61 heavy (non-hydrogen) atoms. The molecule has 2 N–H and O–H groups in total. The maximum atomic E-state index is 12.8. The van der Waals surface area contributed by atoms with Crippen molar-refractivity contribution in [3.05, 3.63) is 48.6 Å². The van der Waals surface area contributed by atoms with Crippen LogP contribution in [0.2, 0.25) is 0 Å². The molecule has 0 spiro atoms. The quantitative estimate of drug-likeness (QED) is 0.0281. The molecule has 1 unspecified atom stereocenters. The van der Waals surface area contributed by atoms with Gasteiger partial charge in [-0.2, -0.15) is 0 Å². The average Bonchev–Trinajstić information content (AvgIpc) is 3.26. The van der Waals surface area contributed by atoms with E-state index in [1.54, 1.807) is 0 Å². The summed E-state index contributed by atoms with van der Waals surface area (Å²) in [6, 6.07) is 0. The molecule has 0 aliphatic rings. The van der Waals surface area contributed by atoms with Gasteiger partial charge in [0.2, 0.25) is 0 Å². The van der Waals surface area contributed by atoms with Crippen molar-refractivity contribution < 1.29 is 28.6 Å². The fourth-order valence-corrected chi connectivity index (χ4v) is 7.32. The lowest BCUT2D eigenvalue weighted by Crippen LogP contribution is -2.30. The van der Waals surface area contributed by atoms with E-state index in [9.17, 15) is 14.4 Å². The molecular formula is C54H97NO6. The third-order valence-electron chi connectivity index (χ3n) is 11.2. The van der Waals surface area contributed by atoms with Crippen LogP contribution in [0.3, 0.4) is 0 Å². The molecule has 354 valence electrons. The predicted molar refractivity (Wildman–Crippen MR) is 260 cm³/mol. The molecule has 0 saturated heterocycles. The summed E-state index contributed by atoms with van der Waals surface area (Å²) in [7, 11) is 0. The molecule has 0 heterocycles. The zero-order valence-corrected chi connectivity index (χ0v) is 40.0. The van der Waals surface area contributed by atoms with Crippen molar-refractivity contribution >= 4 is 17.9 Å². The Bertz CT molecular complexity index is 1080. The van der Waals surface area contributed by atoms with E-state index in [1.165, 1.54) is 116 Å². The number of allylic oxidation sites excluding steroid dienone is 7. The Morgan fingerprint density at radius 1 is 0.377 bits per heavy atom. The highest BCUT2D eigenvalue weighted by atomic mass is 16.6. The zero-order valence-electron chi connectivity index (χ0n) is 40.0. The number of carbonyl (C=O) groups is 3. The number of esters is 3. The third kappa shape index (κ3) is 48.2. The molecular weight excluding hydrogens is 759 g/mol. The lowest BCUT2D eigenvalue weighted by Gasteiger charge is -2.18. The number of ether oxygens (including phenoxy) is 3. The van der Waals surface area contributed by atoms with Gasteiger partial charge >= 0.3 is 17.9 Å². The minimum Gasteiger partial charge on any atom is -0.462 e. The van der Waals surface area contributed by atoms with Crippen molar-refractivity contribution in [2.45, 2.75) is 258 Å². The van der Waals surface area contributed by atoms with Crippen LogP contribution in [-0.2, 0) is 28.6 Å². The number of nitrogens with two attached hydrogens (primary N) is 1. The van der Waals surface area contributed by atoms with Crippen LogP contribution in [0.15, 0.2) is 48.6 Å². The summed E-state index contributed by atoms with van der Waals surface area (Å²) in [4.78, 5) is 38.0. The maximum absolute atomic E-state index is 12.8. The fourth-order valence-electron chi connectivity index (χ4n) is 7.32. The van der Waals surface area contributed by atoms with Crippen molar-refractivity contribution in [3.8, 4) is 0 Å². The van der Waals surface area contributed by atoms with Gasteiger partial charge in [-0.15, -0.1) is 0 Å². The molecule has 0 aromatic heterocycles. The van der Waals surface area contributed by atoms with E-state index in [1.807, 2.05) is 6.08 Å². The van der Waals surface area contributed by atoms with E-state index in [0.29, 0.717) is 25.8 Å². The minimum atomic E-state index is -0.785. The first-order chi connectivity index (χ1) is 30.0. The number of hydrogen-bond donors (Lipinski definition) is 1. The van der Waals surface area contributed by atoms with Crippen LogP contribution in [0.1, 0.15) is 251 Å². The molecule has 0 aliphatic carbocycles. The average molecular weight is 856 g/mol. The summed E-state index contributed by atoms with van der Waals surface area (Å²) < 4.78 is 16.8. The Labute approximate surface area is 376 Å². The van der Waals surface area contributed by atoms with Crippen LogP contribution in [0.25, 0.3) is 0 Å². The smallest absolute Gasteiger partial charge is 0.306 e. The van der Waals surface area contributed by atoms with E-state index >= 15 is 0 Å². The number of hydrogen-bond acceptors (Lipinski definition) is 7. The second kappa shape index (κ2) is 50.0. The number of unbranched alkanes of at least 4 members (excludes halogenated alkanes) is 28. The van der Waals surface area contributed by atoms with Crippen molar-refractivity contribution in [3.63, 3.8) is 0 Å². The van der Waals surface area contributed by atoms with Gasteiger partial charge in [-0.25, -0.2) is 0 Å². The SMILES string of the molecule is CCCCCCCC/C=C\CCCCCCCC(=O)OC(COC(=O)CCCCCCC/C=C\C/C=C\C/C=C\CN)COC(=O)CCCCCCCCCCCCCCC. The number of carbonyl (C=O) groups excluding carboxylic acids is 3. The first kappa shape index (κ1) is 58.3. The molecule has 0 radical (unpaired) electrons. The summed E-state index contributed by atoms with van der Waals surface area (Å²) in [5, 5.41) is 0. The van der Waals surface area contributed by atoms with Crippen LogP contribution in [0.4, 0.5) is 0 Å². The van der Waals surface area contributed by atoms with Gasteiger partial charge in [0, 0.05) is 25.8 Å². The van der Waals surface area contributed by atoms with Gasteiger partial charge < -0.3 is 19.9 Å². The summed E-state index contributed by atoms with van der Waals surface area (Å²) >= 11 is 0. The number of rotatable bonds is 47. The lowest BCUT2D eigenvalue weighted by atomic mass is 10.0. The Morgan fingerprint density at radius 2 is 0.672 bits per heavy atom. The standard InChI is InChI=1S/C54H97NO6/c1-3-5-7-9-11-13-15-17-18-23-27-31-35-39-43-47-54(58)61-51(49-59-52(56)45-41-37-33-29-25-21-16-14-12-10-8-6-4-2)50-60-53(57)46-42-38-34-30-26-22-19-20-24-28-32-36-40-44-48-55/h17-20,28,32,40,44,51H,3-16,21-27,29-31,33-39,41-43,45-50,55H2,1-2H3/b18-17-,20-19-,32-28-,44-40-. The Morgan fingerprint density at radius 3 is 1.05 bits per heavy atom. The van der Waals surface area contributed by atoms with Gasteiger partial charge in [0.1, 0.15) is 13.2 Å². The molecule has 0 fully saturated rings. The van der Waals surface area contributed by atoms with Gasteiger partial charge in [0.25, 0.3) is 0 Å². The summed E-state index contributed by atoms with van der Waals surface area (Å²) in [5.74, 6) is -0.911. The summed E-state index contributed by atoms with van der Waals surface area (Å²) in [5.41, 5.74) is 5.45. The largest absolute Gasteiger partial charge is 0.462 e. The van der Waals surface area contributed by atoms with Crippen LogP contribution in [0, 0.1) is 0 Å². The van der Waals surface area contributed by atoms with E-state index in [2.05, 4.69) is 56.4 Å². The Kier molecular flexibility index (Phi) is 47.8. The normalized spacial score (nSPS) is 12.4. The maximum Gasteiger partial charge on any atom is 0.306 e. The highest BCUT2D eigenvalue weighted by Crippen LogP contribution is 2.15. The van der Waals surface area contributed by atoms with E-state index in [0.717, 1.165) is 103 Å². The monoisotopic (exact) mass is 856 g/mol. The van der Waals surface area contributed by atoms with Gasteiger partial charge in [-0.1, -0.05) is 210 Å². The molecule has 0 aromatic carbocycles. The predicted octanol–water partition coefficient (Wildman–Crippen LogP) is 15.6. The molecule has 0 amide bonds. The minimum absolute atomic E-state index is 0.0838. The highest BCUT2D eigenvalue weighted by Gasteiger charge is 2.19. The first-order valence-corrected chi connectivity index (χ1v) is 25.8. The summed E-state index contributed by atoms with van der Waals surface area (Å²) in [6.07, 6.45) is 57.6. The van der Waals surface area contributed by atoms with E-state index in [4.69, 9.17) is 19.9 Å². The molecule has 7 nitrogen and oxygen atoms in total. The van der Waals surface area contributed by atoms with Crippen molar-refractivity contribution in [1.82, 2.24) is 0 Å². The first-order valence-electron chi connectivity index (χ1n) is 25.8. The van der Waals surface area contributed by atoms with E-state index in [-0.39, 0.29) is 31.1 Å². The lowest BCUT2D eigenvalue weighted by molar-refractivity contribution is -0.167. The van der Waals surface area contributed by atoms with E-state index < -0.39 is 6.10 Å². The molecule has 0 aliphatic heterocycles. The van der Waals surface area contributed by atoms with Crippen molar-refractivity contribution in [2.75, 3.05) is 19.8 Å². The van der Waals surface area contributed by atoms with Gasteiger partial charge in [-0.3, -0.25) is 14.4 Å². The van der Waals surface area contributed by atoms with Crippen LogP contribution in [-0.4, -0.2) is 43.8 Å². The summed E-state index contributed by atoms with van der Waals surface area (Å²) in [6.45, 7) is 4.94. The van der Waals surface area contributed by atoms with Crippen molar-refractivity contribution in [2.24, 2.45) is 5.73 Å². The molecule has 1 atom stereocenters. The second-order valence-corrected chi connectivity index (χ2v) is 17.2. The zero-order chi connectivity index (χ0) is 44.4. The Hall–Kier alpha value is -2.67. The molecule has 0 bridgehead atoms. The fraction of sp³-hybridized carbons (Fsp3) is 0.796. The Balaban J connectivity index is 4.40. The van der Waals surface area contributed by atoms with Gasteiger partial charge in [0.15, 0.2) is 6.10 Å².